The average Bonchev–Trinajstić information content (AvgIpc) is 2.29. The molecule has 2 rings (SSSR count). The highest BCUT2D eigenvalue weighted by Crippen LogP contribution is 2.32. The SMILES string of the molecule is C[C@H](C=O)CC1C=CC2=C(C=CCC2)C1. The molecule has 0 aliphatic heterocycles. The Balaban J connectivity index is 2.00. The molecule has 0 bridgehead atoms. The van der Waals surface area contributed by atoms with E-state index in [1.54, 1.807) is 0 Å². The van der Waals surface area contributed by atoms with Crippen LogP contribution in [-0.4, -0.2) is 6.29 Å². The zero-order chi connectivity index (χ0) is 10.7. The standard InChI is InChI=1S/C14H18O/c1-11(10-15)8-12-6-7-13-4-2-3-5-14(13)9-12/h3,5-7,10-12H,2,4,8-9H2,1H3/t11-,12?/m0/s1. The summed E-state index contributed by atoms with van der Waals surface area (Å²) in [6.07, 6.45) is 14.6. The summed E-state index contributed by atoms with van der Waals surface area (Å²) >= 11 is 0. The molecule has 0 radical (unpaired) electrons. The van der Waals surface area contributed by atoms with Gasteiger partial charge in [-0.1, -0.05) is 31.2 Å². The molecule has 0 aromatic rings. The topological polar surface area (TPSA) is 17.1 Å². The Morgan fingerprint density at radius 3 is 3.13 bits per heavy atom. The predicted molar refractivity (Wildman–Crippen MR) is 62.5 cm³/mol. The van der Waals surface area contributed by atoms with Gasteiger partial charge in [0.15, 0.2) is 0 Å². The molecule has 0 amide bonds. The Kier molecular flexibility index (Phi) is 3.20. The van der Waals surface area contributed by atoms with E-state index in [0.717, 1.165) is 19.1 Å². The van der Waals surface area contributed by atoms with Crippen LogP contribution in [0, 0.1) is 11.8 Å². The Labute approximate surface area is 91.6 Å². The first-order valence-corrected chi connectivity index (χ1v) is 5.81. The van der Waals surface area contributed by atoms with Crippen LogP contribution in [0.5, 0.6) is 0 Å². The van der Waals surface area contributed by atoms with Crippen molar-refractivity contribution >= 4 is 6.29 Å². The second-order valence-electron chi connectivity index (χ2n) is 4.66. The van der Waals surface area contributed by atoms with Crippen molar-refractivity contribution < 1.29 is 4.79 Å². The van der Waals surface area contributed by atoms with Gasteiger partial charge in [0.2, 0.25) is 0 Å². The van der Waals surface area contributed by atoms with Gasteiger partial charge in [-0.3, -0.25) is 0 Å². The van der Waals surface area contributed by atoms with Crippen molar-refractivity contribution in [1.82, 2.24) is 0 Å². The van der Waals surface area contributed by atoms with E-state index in [2.05, 4.69) is 24.3 Å². The maximum atomic E-state index is 10.6. The van der Waals surface area contributed by atoms with Crippen LogP contribution in [0.2, 0.25) is 0 Å². The lowest BCUT2D eigenvalue weighted by molar-refractivity contribution is -0.111. The van der Waals surface area contributed by atoms with Crippen LogP contribution in [0.15, 0.2) is 35.5 Å². The van der Waals surface area contributed by atoms with Gasteiger partial charge in [-0.25, -0.2) is 0 Å². The summed E-state index contributed by atoms with van der Waals surface area (Å²) in [7, 11) is 0. The van der Waals surface area contributed by atoms with E-state index in [-0.39, 0.29) is 5.92 Å². The summed E-state index contributed by atoms with van der Waals surface area (Å²) in [6, 6.07) is 0. The van der Waals surface area contributed by atoms with Crippen molar-refractivity contribution in [3.63, 3.8) is 0 Å². The number of rotatable bonds is 3. The van der Waals surface area contributed by atoms with E-state index < -0.39 is 0 Å². The van der Waals surface area contributed by atoms with Crippen LogP contribution in [0.1, 0.15) is 32.6 Å². The lowest BCUT2D eigenvalue weighted by Gasteiger charge is -2.23. The third kappa shape index (κ3) is 2.47. The van der Waals surface area contributed by atoms with Crippen LogP contribution in [-0.2, 0) is 4.79 Å². The molecule has 0 spiro atoms. The quantitative estimate of drug-likeness (QED) is 0.641. The van der Waals surface area contributed by atoms with E-state index in [1.807, 2.05) is 6.92 Å². The molecule has 15 heavy (non-hydrogen) atoms. The Bertz CT molecular complexity index is 333. The summed E-state index contributed by atoms with van der Waals surface area (Å²) in [5, 5.41) is 0. The normalized spacial score (nSPS) is 26.3. The first kappa shape index (κ1) is 10.4. The highest BCUT2D eigenvalue weighted by molar-refractivity contribution is 5.53. The van der Waals surface area contributed by atoms with Gasteiger partial charge in [0, 0.05) is 5.92 Å². The first-order valence-electron chi connectivity index (χ1n) is 5.81. The largest absolute Gasteiger partial charge is 0.303 e. The Morgan fingerprint density at radius 1 is 1.47 bits per heavy atom. The molecular weight excluding hydrogens is 184 g/mol. The number of carbonyl (C=O) groups is 1. The fraction of sp³-hybridized carbons (Fsp3) is 0.500. The lowest BCUT2D eigenvalue weighted by atomic mass is 9.82. The van der Waals surface area contributed by atoms with Gasteiger partial charge >= 0.3 is 0 Å². The minimum Gasteiger partial charge on any atom is -0.303 e. The molecule has 80 valence electrons. The van der Waals surface area contributed by atoms with Gasteiger partial charge in [0.1, 0.15) is 6.29 Å². The number of allylic oxidation sites excluding steroid dienone is 6. The molecule has 0 aromatic heterocycles. The van der Waals surface area contributed by atoms with Crippen molar-refractivity contribution in [2.75, 3.05) is 0 Å². The smallest absolute Gasteiger partial charge is 0.122 e. The van der Waals surface area contributed by atoms with Gasteiger partial charge in [-0.05, 0) is 42.7 Å². The van der Waals surface area contributed by atoms with Crippen molar-refractivity contribution in [2.24, 2.45) is 11.8 Å². The Hall–Kier alpha value is -1.11. The second-order valence-corrected chi connectivity index (χ2v) is 4.66. The van der Waals surface area contributed by atoms with Crippen LogP contribution in [0.4, 0.5) is 0 Å². The number of aldehydes is 1. The minimum atomic E-state index is 0.189. The van der Waals surface area contributed by atoms with Crippen molar-refractivity contribution in [1.29, 1.82) is 0 Å². The fourth-order valence-electron chi connectivity index (χ4n) is 2.42. The van der Waals surface area contributed by atoms with Crippen LogP contribution >= 0.6 is 0 Å². The van der Waals surface area contributed by atoms with Gasteiger partial charge in [0.25, 0.3) is 0 Å². The van der Waals surface area contributed by atoms with E-state index >= 15 is 0 Å². The molecule has 0 N–H and O–H groups in total. The van der Waals surface area contributed by atoms with Crippen LogP contribution < -0.4 is 0 Å². The molecule has 1 unspecified atom stereocenters. The molecule has 0 heterocycles. The van der Waals surface area contributed by atoms with Gasteiger partial charge in [-0.15, -0.1) is 0 Å². The van der Waals surface area contributed by atoms with Gasteiger partial charge in [0.05, 0.1) is 0 Å². The maximum Gasteiger partial charge on any atom is 0.122 e. The summed E-state index contributed by atoms with van der Waals surface area (Å²) in [5.41, 5.74) is 3.00. The summed E-state index contributed by atoms with van der Waals surface area (Å²) < 4.78 is 0. The monoisotopic (exact) mass is 202 g/mol. The van der Waals surface area contributed by atoms with Crippen molar-refractivity contribution in [3.05, 3.63) is 35.5 Å². The highest BCUT2D eigenvalue weighted by atomic mass is 16.1. The number of hydrogen-bond donors (Lipinski definition) is 0. The molecule has 0 saturated heterocycles. The van der Waals surface area contributed by atoms with E-state index in [0.29, 0.717) is 5.92 Å². The average molecular weight is 202 g/mol. The van der Waals surface area contributed by atoms with E-state index in [1.165, 1.54) is 24.0 Å². The predicted octanol–water partition coefficient (Wildman–Crippen LogP) is 3.43. The molecular formula is C14H18O. The molecule has 0 aromatic carbocycles. The fourth-order valence-corrected chi connectivity index (χ4v) is 2.42. The molecule has 2 aliphatic carbocycles. The minimum absolute atomic E-state index is 0.189. The zero-order valence-corrected chi connectivity index (χ0v) is 9.28. The maximum absolute atomic E-state index is 10.6. The molecule has 0 saturated carbocycles. The number of hydrogen-bond acceptors (Lipinski definition) is 1. The Morgan fingerprint density at radius 2 is 2.33 bits per heavy atom. The summed E-state index contributed by atoms with van der Waals surface area (Å²) in [5.74, 6) is 0.751. The van der Waals surface area contributed by atoms with Gasteiger partial charge < -0.3 is 4.79 Å². The zero-order valence-electron chi connectivity index (χ0n) is 9.28. The molecule has 1 nitrogen and oxygen atoms in total. The lowest BCUT2D eigenvalue weighted by Crippen LogP contribution is -2.10. The van der Waals surface area contributed by atoms with E-state index in [4.69, 9.17) is 0 Å². The van der Waals surface area contributed by atoms with E-state index in [9.17, 15) is 4.79 Å². The highest BCUT2D eigenvalue weighted by Gasteiger charge is 2.17. The van der Waals surface area contributed by atoms with Crippen LogP contribution in [0.25, 0.3) is 0 Å². The third-order valence-corrected chi connectivity index (χ3v) is 3.27. The molecule has 2 atom stereocenters. The second kappa shape index (κ2) is 4.61. The van der Waals surface area contributed by atoms with Crippen molar-refractivity contribution in [2.45, 2.75) is 32.6 Å². The molecule has 2 aliphatic rings. The third-order valence-electron chi connectivity index (χ3n) is 3.27. The first-order chi connectivity index (χ1) is 7.29. The van der Waals surface area contributed by atoms with Crippen LogP contribution in [0.3, 0.4) is 0 Å². The van der Waals surface area contributed by atoms with Gasteiger partial charge in [-0.2, -0.15) is 0 Å². The van der Waals surface area contributed by atoms with Crippen molar-refractivity contribution in [3.8, 4) is 0 Å². The number of carbonyl (C=O) groups excluding carboxylic acids is 1. The summed E-state index contributed by atoms with van der Waals surface area (Å²) in [6.45, 7) is 2.00. The molecule has 0 fully saturated rings. The molecule has 1 heteroatoms. The summed E-state index contributed by atoms with van der Waals surface area (Å²) in [4.78, 5) is 10.6.